The number of nitrogens with one attached hydrogen (secondary N) is 2. The number of aliphatic hydroxyl groups excluding tert-OH is 1. The van der Waals surface area contributed by atoms with Crippen LogP contribution in [-0.4, -0.2) is 68.2 Å². The Balaban J connectivity index is 1.81. The van der Waals surface area contributed by atoms with Crippen LogP contribution in [0.3, 0.4) is 0 Å². The number of nitrogens with zero attached hydrogens (tertiary/aromatic N) is 1. The van der Waals surface area contributed by atoms with E-state index in [1.54, 1.807) is 12.1 Å². The van der Waals surface area contributed by atoms with Gasteiger partial charge in [-0.2, -0.15) is 0 Å². The lowest BCUT2D eigenvalue weighted by Crippen LogP contribution is -2.57. The molecule has 0 bridgehead atoms. The van der Waals surface area contributed by atoms with Gasteiger partial charge in [0.2, 0.25) is 5.91 Å². The fourth-order valence-electron chi connectivity index (χ4n) is 3.69. The summed E-state index contributed by atoms with van der Waals surface area (Å²) < 4.78 is 0. The Morgan fingerprint density at radius 2 is 1.74 bits per heavy atom. The number of aliphatic hydroxyl groups is 1. The number of benzene rings is 2. The van der Waals surface area contributed by atoms with Gasteiger partial charge < -0.3 is 25.7 Å². The summed E-state index contributed by atoms with van der Waals surface area (Å²) in [4.78, 5) is 40.3. The Hall–Kier alpha value is -3.04. The highest BCUT2D eigenvalue weighted by molar-refractivity contribution is 7.99. The highest BCUT2D eigenvalue weighted by atomic mass is 32.2. The van der Waals surface area contributed by atoms with E-state index in [-0.39, 0.29) is 29.5 Å². The normalized spacial score (nSPS) is 17.6. The number of phenolic OH excluding ortho intramolecular Hbond substituents is 1. The summed E-state index contributed by atoms with van der Waals surface area (Å²) in [6, 6.07) is 13.6. The largest absolute Gasteiger partial charge is 0.507 e. The maximum absolute atomic E-state index is 13.3. The molecule has 0 aliphatic carbocycles. The average Bonchev–Trinajstić information content (AvgIpc) is 3.27. The van der Waals surface area contributed by atoms with Crippen LogP contribution in [0.4, 0.5) is 0 Å². The van der Waals surface area contributed by atoms with Gasteiger partial charge in [0.15, 0.2) is 6.10 Å². The van der Waals surface area contributed by atoms with Gasteiger partial charge in [-0.05, 0) is 44.9 Å². The molecule has 0 saturated carbocycles. The van der Waals surface area contributed by atoms with E-state index < -0.39 is 35.5 Å². The van der Waals surface area contributed by atoms with Crippen molar-refractivity contribution in [2.75, 3.05) is 11.6 Å². The molecule has 2 aromatic carbocycles. The van der Waals surface area contributed by atoms with Crippen molar-refractivity contribution in [3.63, 3.8) is 0 Å². The second-order valence-corrected chi connectivity index (χ2v) is 10.3. The summed E-state index contributed by atoms with van der Waals surface area (Å²) in [7, 11) is 0. The van der Waals surface area contributed by atoms with E-state index in [0.29, 0.717) is 5.75 Å². The van der Waals surface area contributed by atoms with E-state index in [4.69, 9.17) is 0 Å². The third kappa shape index (κ3) is 6.51. The Morgan fingerprint density at radius 3 is 2.38 bits per heavy atom. The first-order valence-electron chi connectivity index (χ1n) is 11.1. The SMILES string of the molecule is CC(C)(C)NC(=O)[C@@H]1CSCN1C(=O)[C@@H](O)[C@H](Cc1ccccc1)NC(=O)c1ccccc1O. The zero-order valence-corrected chi connectivity index (χ0v) is 20.3. The van der Waals surface area contributed by atoms with E-state index >= 15 is 0 Å². The minimum atomic E-state index is -1.58. The fraction of sp³-hybridized carbons (Fsp3) is 0.400. The molecule has 0 unspecified atom stereocenters. The van der Waals surface area contributed by atoms with Crippen molar-refractivity contribution in [2.45, 2.75) is 50.9 Å². The van der Waals surface area contributed by atoms with Crippen LogP contribution >= 0.6 is 11.8 Å². The Morgan fingerprint density at radius 1 is 1.09 bits per heavy atom. The molecular weight excluding hydrogens is 454 g/mol. The number of para-hydroxylation sites is 1. The number of hydrogen-bond donors (Lipinski definition) is 4. The average molecular weight is 486 g/mol. The molecule has 2 aromatic rings. The number of carbonyl (C=O) groups excluding carboxylic acids is 3. The molecule has 182 valence electrons. The molecule has 3 amide bonds. The standard InChI is InChI=1S/C25H31N3O5S/c1-25(2,3)27-23(32)19-14-34-15-28(19)24(33)21(30)18(13-16-9-5-4-6-10-16)26-22(31)17-11-7-8-12-20(17)29/h4-12,18-19,21,29-30H,13-15H2,1-3H3,(H,26,31)(H,27,32)/t18-,19-,21-/m0/s1. The number of hydrogen-bond acceptors (Lipinski definition) is 6. The number of amides is 3. The minimum Gasteiger partial charge on any atom is -0.507 e. The van der Waals surface area contributed by atoms with Crippen LogP contribution < -0.4 is 10.6 Å². The number of aromatic hydroxyl groups is 1. The van der Waals surface area contributed by atoms with Gasteiger partial charge in [0, 0.05) is 11.3 Å². The Kier molecular flexibility index (Phi) is 8.22. The molecule has 3 atom stereocenters. The van der Waals surface area contributed by atoms with E-state index in [9.17, 15) is 24.6 Å². The lowest BCUT2D eigenvalue weighted by atomic mass is 9.99. The highest BCUT2D eigenvalue weighted by Crippen LogP contribution is 2.24. The maximum Gasteiger partial charge on any atom is 0.255 e. The van der Waals surface area contributed by atoms with Crippen LogP contribution in [0.15, 0.2) is 54.6 Å². The molecule has 1 aliphatic heterocycles. The summed E-state index contributed by atoms with van der Waals surface area (Å²) >= 11 is 1.43. The van der Waals surface area contributed by atoms with Crippen LogP contribution in [0.1, 0.15) is 36.7 Å². The molecule has 1 saturated heterocycles. The topological polar surface area (TPSA) is 119 Å². The predicted octanol–water partition coefficient (Wildman–Crippen LogP) is 1.91. The highest BCUT2D eigenvalue weighted by Gasteiger charge is 2.40. The first-order valence-corrected chi connectivity index (χ1v) is 12.2. The summed E-state index contributed by atoms with van der Waals surface area (Å²) in [6.07, 6.45) is -1.40. The second kappa shape index (κ2) is 10.9. The van der Waals surface area contributed by atoms with Gasteiger partial charge >= 0.3 is 0 Å². The van der Waals surface area contributed by atoms with Gasteiger partial charge in [-0.3, -0.25) is 14.4 Å². The monoisotopic (exact) mass is 485 g/mol. The molecule has 0 radical (unpaired) electrons. The molecule has 0 aromatic heterocycles. The Labute approximate surface area is 203 Å². The summed E-state index contributed by atoms with van der Waals surface area (Å²) in [5, 5.41) is 26.7. The molecule has 1 fully saturated rings. The number of phenols is 1. The van der Waals surface area contributed by atoms with Crippen molar-refractivity contribution >= 4 is 29.5 Å². The van der Waals surface area contributed by atoms with Crippen LogP contribution in [0.2, 0.25) is 0 Å². The molecule has 0 spiro atoms. The van der Waals surface area contributed by atoms with Gasteiger partial charge in [-0.15, -0.1) is 11.8 Å². The first-order chi connectivity index (χ1) is 16.1. The fourth-order valence-corrected chi connectivity index (χ4v) is 4.86. The van der Waals surface area contributed by atoms with Gasteiger partial charge in [-0.25, -0.2) is 0 Å². The number of rotatable bonds is 7. The van der Waals surface area contributed by atoms with E-state index in [2.05, 4.69) is 10.6 Å². The van der Waals surface area contributed by atoms with Crippen molar-refractivity contribution in [3.05, 3.63) is 65.7 Å². The molecule has 4 N–H and O–H groups in total. The van der Waals surface area contributed by atoms with Crippen LogP contribution in [-0.2, 0) is 16.0 Å². The third-order valence-corrected chi connectivity index (χ3v) is 6.38. The lowest BCUT2D eigenvalue weighted by Gasteiger charge is -2.31. The number of carbonyl (C=O) groups is 3. The van der Waals surface area contributed by atoms with Crippen molar-refractivity contribution in [3.8, 4) is 5.75 Å². The summed E-state index contributed by atoms with van der Waals surface area (Å²) in [5.74, 6) is -1.02. The smallest absolute Gasteiger partial charge is 0.255 e. The van der Waals surface area contributed by atoms with E-state index in [1.807, 2.05) is 51.1 Å². The van der Waals surface area contributed by atoms with Crippen molar-refractivity contribution < 1.29 is 24.6 Å². The van der Waals surface area contributed by atoms with Crippen molar-refractivity contribution in [1.82, 2.24) is 15.5 Å². The van der Waals surface area contributed by atoms with E-state index in [0.717, 1.165) is 5.56 Å². The lowest BCUT2D eigenvalue weighted by molar-refractivity contribution is -0.146. The molecule has 8 nitrogen and oxygen atoms in total. The van der Waals surface area contributed by atoms with Gasteiger partial charge in [-0.1, -0.05) is 42.5 Å². The van der Waals surface area contributed by atoms with Crippen LogP contribution in [0, 0.1) is 0 Å². The second-order valence-electron chi connectivity index (χ2n) is 9.29. The number of thioether (sulfide) groups is 1. The van der Waals surface area contributed by atoms with Gasteiger partial charge in [0.05, 0.1) is 17.5 Å². The van der Waals surface area contributed by atoms with Gasteiger partial charge in [0.25, 0.3) is 11.8 Å². The zero-order chi connectivity index (χ0) is 24.9. The first kappa shape index (κ1) is 25.6. The Bertz CT molecular complexity index is 1020. The van der Waals surface area contributed by atoms with Crippen molar-refractivity contribution in [1.29, 1.82) is 0 Å². The van der Waals surface area contributed by atoms with Crippen molar-refractivity contribution in [2.24, 2.45) is 0 Å². The molecule has 34 heavy (non-hydrogen) atoms. The van der Waals surface area contributed by atoms with Crippen LogP contribution in [0.25, 0.3) is 0 Å². The van der Waals surface area contributed by atoms with Gasteiger partial charge in [0.1, 0.15) is 11.8 Å². The molecule has 9 heteroatoms. The molecular formula is C25H31N3O5S. The quantitative estimate of drug-likeness (QED) is 0.476. The van der Waals surface area contributed by atoms with E-state index in [1.165, 1.54) is 28.8 Å². The molecule has 3 rings (SSSR count). The predicted molar refractivity (Wildman–Crippen MR) is 131 cm³/mol. The summed E-state index contributed by atoms with van der Waals surface area (Å²) in [5.41, 5.74) is 0.397. The summed E-state index contributed by atoms with van der Waals surface area (Å²) in [6.45, 7) is 5.58. The maximum atomic E-state index is 13.3. The van der Waals surface area contributed by atoms with Crippen LogP contribution in [0.5, 0.6) is 5.75 Å². The molecule has 1 aliphatic rings. The zero-order valence-electron chi connectivity index (χ0n) is 19.5. The minimum absolute atomic E-state index is 0.0411. The third-order valence-electron chi connectivity index (χ3n) is 5.36. The molecule has 1 heterocycles.